The van der Waals surface area contributed by atoms with Crippen molar-refractivity contribution in [2.24, 2.45) is 5.41 Å². The van der Waals surface area contributed by atoms with Gasteiger partial charge in [-0.25, -0.2) is 0 Å². The molecule has 0 amide bonds. The number of methoxy groups -OCH3 is 1. The molecule has 6 heteroatoms. The van der Waals surface area contributed by atoms with Gasteiger partial charge in [0, 0.05) is 5.56 Å². The van der Waals surface area contributed by atoms with Crippen LogP contribution in [0.2, 0.25) is 0 Å². The summed E-state index contributed by atoms with van der Waals surface area (Å²) in [6, 6.07) is 9.57. The Labute approximate surface area is 111 Å². The molecule has 0 N–H and O–H groups in total. The van der Waals surface area contributed by atoms with Crippen molar-refractivity contribution in [1.29, 1.82) is 0 Å². The summed E-state index contributed by atoms with van der Waals surface area (Å²) in [6.07, 6.45) is 0. The van der Waals surface area contributed by atoms with E-state index in [1.165, 1.54) is 11.9 Å². The minimum Gasteiger partial charge on any atom is -0.469 e. The maximum atomic E-state index is 11.6. The number of esters is 1. The molecule has 0 bridgehead atoms. The van der Waals surface area contributed by atoms with Crippen LogP contribution >= 0.6 is 0 Å². The summed E-state index contributed by atoms with van der Waals surface area (Å²) in [5.41, 5.74) is 0.202. The SMILES string of the molecule is COC(=O)C(C)(C)Cn1nnc(-c2ccccc2)n1. The van der Waals surface area contributed by atoms with E-state index in [1.54, 1.807) is 13.8 Å². The zero-order valence-electron chi connectivity index (χ0n) is 11.2. The Morgan fingerprint density at radius 2 is 2.00 bits per heavy atom. The molecule has 0 aliphatic heterocycles. The first-order chi connectivity index (χ1) is 9.03. The number of benzene rings is 1. The monoisotopic (exact) mass is 260 g/mol. The van der Waals surface area contributed by atoms with Gasteiger partial charge in [-0.15, -0.1) is 10.2 Å². The maximum absolute atomic E-state index is 11.6. The molecule has 0 spiro atoms. The molecule has 100 valence electrons. The minimum absolute atomic E-state index is 0.300. The normalized spacial score (nSPS) is 11.3. The molecule has 0 aliphatic rings. The quantitative estimate of drug-likeness (QED) is 0.780. The number of aromatic nitrogens is 4. The van der Waals surface area contributed by atoms with Gasteiger partial charge in [-0.2, -0.15) is 4.80 Å². The van der Waals surface area contributed by atoms with E-state index in [2.05, 4.69) is 15.4 Å². The maximum Gasteiger partial charge on any atom is 0.313 e. The van der Waals surface area contributed by atoms with Gasteiger partial charge in [0.1, 0.15) is 0 Å². The summed E-state index contributed by atoms with van der Waals surface area (Å²) in [4.78, 5) is 13.0. The Morgan fingerprint density at radius 3 is 2.63 bits per heavy atom. The van der Waals surface area contributed by atoms with Crippen molar-refractivity contribution in [3.63, 3.8) is 0 Å². The molecule has 19 heavy (non-hydrogen) atoms. The van der Waals surface area contributed by atoms with Gasteiger partial charge in [0.05, 0.1) is 19.1 Å². The first-order valence-electron chi connectivity index (χ1n) is 5.94. The highest BCUT2D eigenvalue weighted by molar-refractivity contribution is 5.75. The third-order valence-electron chi connectivity index (χ3n) is 2.76. The Bertz CT molecular complexity index is 563. The Balaban J connectivity index is 2.16. The number of tetrazole rings is 1. The lowest BCUT2D eigenvalue weighted by atomic mass is 9.94. The molecule has 2 aromatic rings. The first kappa shape index (κ1) is 13.2. The highest BCUT2D eigenvalue weighted by atomic mass is 16.5. The van der Waals surface area contributed by atoms with Crippen molar-refractivity contribution >= 4 is 5.97 Å². The minimum atomic E-state index is -0.691. The van der Waals surface area contributed by atoms with Crippen molar-refractivity contribution in [2.45, 2.75) is 20.4 Å². The average Bonchev–Trinajstić information content (AvgIpc) is 2.86. The van der Waals surface area contributed by atoms with Crippen LogP contribution in [0.25, 0.3) is 11.4 Å². The molecular weight excluding hydrogens is 244 g/mol. The van der Waals surface area contributed by atoms with Crippen LogP contribution in [0.4, 0.5) is 0 Å². The standard InChI is InChI=1S/C13H16N4O2/c1-13(2,12(18)19-3)9-17-15-11(14-16-17)10-7-5-4-6-8-10/h4-8H,9H2,1-3H3. The Morgan fingerprint density at radius 1 is 1.32 bits per heavy atom. The number of carbonyl (C=O) groups excluding carboxylic acids is 1. The Hall–Kier alpha value is -2.24. The molecule has 1 aromatic heterocycles. The van der Waals surface area contributed by atoms with Crippen LogP contribution in [0, 0.1) is 5.41 Å². The van der Waals surface area contributed by atoms with Crippen molar-refractivity contribution in [1.82, 2.24) is 20.2 Å². The zero-order valence-corrected chi connectivity index (χ0v) is 11.2. The molecule has 0 radical (unpaired) electrons. The smallest absolute Gasteiger partial charge is 0.313 e. The van der Waals surface area contributed by atoms with E-state index in [4.69, 9.17) is 4.74 Å². The molecule has 2 rings (SSSR count). The van der Waals surface area contributed by atoms with Crippen LogP contribution in [-0.4, -0.2) is 33.3 Å². The Kier molecular flexibility index (Phi) is 3.59. The second kappa shape index (κ2) is 5.17. The number of ether oxygens (including phenoxy) is 1. The van der Waals surface area contributed by atoms with Gasteiger partial charge >= 0.3 is 5.97 Å². The number of nitrogens with zero attached hydrogens (tertiary/aromatic N) is 4. The molecule has 0 unspecified atom stereocenters. The molecule has 1 heterocycles. The lowest BCUT2D eigenvalue weighted by Gasteiger charge is -2.19. The number of carbonyl (C=O) groups is 1. The summed E-state index contributed by atoms with van der Waals surface area (Å²) in [7, 11) is 1.37. The summed E-state index contributed by atoms with van der Waals surface area (Å²) in [5.74, 6) is 0.243. The third kappa shape index (κ3) is 2.96. The highest BCUT2D eigenvalue weighted by Crippen LogP contribution is 2.19. The van der Waals surface area contributed by atoms with Crippen molar-refractivity contribution in [2.75, 3.05) is 7.11 Å². The summed E-state index contributed by atoms with van der Waals surface area (Å²) < 4.78 is 4.75. The van der Waals surface area contributed by atoms with Crippen LogP contribution in [0.3, 0.4) is 0 Å². The largest absolute Gasteiger partial charge is 0.469 e. The van der Waals surface area contributed by atoms with E-state index < -0.39 is 5.41 Å². The van der Waals surface area contributed by atoms with E-state index in [-0.39, 0.29) is 5.97 Å². The average molecular weight is 260 g/mol. The van der Waals surface area contributed by atoms with Crippen molar-refractivity contribution < 1.29 is 9.53 Å². The second-order valence-electron chi connectivity index (χ2n) is 4.88. The lowest BCUT2D eigenvalue weighted by Crippen LogP contribution is -2.31. The van der Waals surface area contributed by atoms with Gasteiger partial charge in [0.15, 0.2) is 0 Å². The molecular formula is C13H16N4O2. The van der Waals surface area contributed by atoms with E-state index in [0.29, 0.717) is 12.4 Å². The molecule has 0 atom stereocenters. The topological polar surface area (TPSA) is 69.9 Å². The van der Waals surface area contributed by atoms with Gasteiger partial charge in [0.2, 0.25) is 5.82 Å². The molecule has 6 nitrogen and oxygen atoms in total. The van der Waals surface area contributed by atoms with Crippen LogP contribution < -0.4 is 0 Å². The van der Waals surface area contributed by atoms with E-state index in [1.807, 2.05) is 30.3 Å². The summed E-state index contributed by atoms with van der Waals surface area (Å²) in [5, 5.41) is 12.2. The van der Waals surface area contributed by atoms with E-state index in [9.17, 15) is 4.79 Å². The number of rotatable bonds is 4. The van der Waals surface area contributed by atoms with Gasteiger partial charge in [-0.1, -0.05) is 30.3 Å². The lowest BCUT2D eigenvalue weighted by molar-refractivity contribution is -0.151. The number of hydrogen-bond acceptors (Lipinski definition) is 5. The zero-order chi connectivity index (χ0) is 13.9. The van der Waals surface area contributed by atoms with Crippen LogP contribution in [-0.2, 0) is 16.1 Å². The number of hydrogen-bond donors (Lipinski definition) is 0. The predicted octanol–water partition coefficient (Wildman–Crippen LogP) is 1.54. The summed E-state index contributed by atoms with van der Waals surface area (Å²) in [6.45, 7) is 3.88. The molecule has 0 fully saturated rings. The van der Waals surface area contributed by atoms with Crippen LogP contribution in [0.1, 0.15) is 13.8 Å². The fourth-order valence-electron chi connectivity index (χ4n) is 1.71. The van der Waals surface area contributed by atoms with Crippen LogP contribution in [0.5, 0.6) is 0 Å². The van der Waals surface area contributed by atoms with E-state index >= 15 is 0 Å². The highest BCUT2D eigenvalue weighted by Gasteiger charge is 2.30. The first-order valence-corrected chi connectivity index (χ1v) is 5.94. The fraction of sp³-hybridized carbons (Fsp3) is 0.385. The van der Waals surface area contributed by atoms with Crippen molar-refractivity contribution in [3.8, 4) is 11.4 Å². The third-order valence-corrected chi connectivity index (χ3v) is 2.76. The predicted molar refractivity (Wildman–Crippen MR) is 69.1 cm³/mol. The van der Waals surface area contributed by atoms with Gasteiger partial charge in [-0.05, 0) is 19.1 Å². The molecule has 0 saturated carbocycles. The molecule has 1 aromatic carbocycles. The van der Waals surface area contributed by atoms with Crippen molar-refractivity contribution in [3.05, 3.63) is 30.3 Å². The van der Waals surface area contributed by atoms with Crippen LogP contribution in [0.15, 0.2) is 30.3 Å². The van der Waals surface area contributed by atoms with Gasteiger partial charge < -0.3 is 4.74 Å². The fourth-order valence-corrected chi connectivity index (χ4v) is 1.71. The second-order valence-corrected chi connectivity index (χ2v) is 4.88. The summed E-state index contributed by atoms with van der Waals surface area (Å²) >= 11 is 0. The molecule has 0 saturated heterocycles. The van der Waals surface area contributed by atoms with Gasteiger partial charge in [-0.3, -0.25) is 4.79 Å². The molecule has 0 aliphatic carbocycles. The van der Waals surface area contributed by atoms with E-state index in [0.717, 1.165) is 5.56 Å². The van der Waals surface area contributed by atoms with Gasteiger partial charge in [0.25, 0.3) is 0 Å².